The lowest BCUT2D eigenvalue weighted by atomic mass is 9.82. The summed E-state index contributed by atoms with van der Waals surface area (Å²) in [6, 6.07) is 16.6. The van der Waals surface area contributed by atoms with Gasteiger partial charge in [0.25, 0.3) is 0 Å². The molecule has 0 aliphatic carbocycles. The van der Waals surface area contributed by atoms with E-state index < -0.39 is 24.0 Å². The molecule has 3 atom stereocenters. The Kier molecular flexibility index (Phi) is 9.95. The van der Waals surface area contributed by atoms with Crippen molar-refractivity contribution in [2.24, 2.45) is 11.3 Å². The van der Waals surface area contributed by atoms with Gasteiger partial charge < -0.3 is 24.0 Å². The molecule has 3 heterocycles. The number of amides is 2. The number of aromatic nitrogens is 1. The van der Waals surface area contributed by atoms with E-state index in [9.17, 15) is 14.4 Å². The van der Waals surface area contributed by atoms with Gasteiger partial charge in [-0.3, -0.25) is 9.59 Å². The van der Waals surface area contributed by atoms with Crippen LogP contribution in [-0.4, -0.2) is 78.6 Å². The first-order valence-corrected chi connectivity index (χ1v) is 15.9. The monoisotopic (exact) mass is 615 g/mol. The van der Waals surface area contributed by atoms with Crippen molar-refractivity contribution >= 4 is 28.7 Å². The molecule has 2 aliphatic rings. The molecule has 1 aromatic heterocycles. The first-order chi connectivity index (χ1) is 21.6. The predicted molar refractivity (Wildman–Crippen MR) is 173 cm³/mol. The number of ether oxygens (including phenoxy) is 3. The Balaban J connectivity index is 1.43. The van der Waals surface area contributed by atoms with Crippen LogP contribution in [0.1, 0.15) is 59.3 Å². The number of hydrogen-bond donors (Lipinski definition) is 0. The number of hydrogen-bond acceptors (Lipinski definition) is 7. The van der Waals surface area contributed by atoms with Crippen LogP contribution in [0.5, 0.6) is 11.5 Å². The minimum Gasteiger partial charge on any atom is -0.497 e. The molecule has 0 spiro atoms. The average Bonchev–Trinajstić information content (AvgIpc) is 3.47. The van der Waals surface area contributed by atoms with Crippen molar-refractivity contribution in [3.63, 3.8) is 0 Å². The second-order valence-electron chi connectivity index (χ2n) is 13.4. The molecule has 9 heteroatoms. The van der Waals surface area contributed by atoms with Gasteiger partial charge in [0.2, 0.25) is 11.8 Å². The largest absolute Gasteiger partial charge is 0.497 e. The number of carbonyl (C=O) groups is 3. The number of likely N-dealkylation sites (tertiary alicyclic amines) is 2. The van der Waals surface area contributed by atoms with Crippen LogP contribution in [0.2, 0.25) is 0 Å². The first kappa shape index (κ1) is 32.3. The Bertz CT molecular complexity index is 1510. The second-order valence-corrected chi connectivity index (χ2v) is 13.4. The van der Waals surface area contributed by atoms with Crippen LogP contribution < -0.4 is 9.47 Å². The van der Waals surface area contributed by atoms with E-state index >= 15 is 0 Å². The fourth-order valence-electron chi connectivity index (χ4n) is 6.53. The molecule has 3 unspecified atom stereocenters. The van der Waals surface area contributed by atoms with Gasteiger partial charge in [0.1, 0.15) is 23.6 Å². The number of benzene rings is 2. The lowest BCUT2D eigenvalue weighted by molar-refractivity contribution is -0.153. The number of fused-ring (bicyclic) bond motifs is 1. The van der Waals surface area contributed by atoms with E-state index in [0.29, 0.717) is 23.4 Å². The maximum absolute atomic E-state index is 14.3. The zero-order valence-electron chi connectivity index (χ0n) is 27.1. The summed E-state index contributed by atoms with van der Waals surface area (Å²) in [6.45, 7) is 7.88. The molecule has 0 saturated carbocycles. The van der Waals surface area contributed by atoms with Crippen molar-refractivity contribution in [2.45, 2.75) is 71.4 Å². The summed E-state index contributed by atoms with van der Waals surface area (Å²) < 4.78 is 17.2. The Labute approximate surface area is 265 Å². The SMILES string of the molecule is COC(=O)C1CC(Oc2cc(-c3ccccc3)nc3cc(OC)ccc23)CN1C(=O)C(CC(=O)N1CCCCC1)CC(C)(C)C. The summed E-state index contributed by atoms with van der Waals surface area (Å²) in [5.74, 6) is 0.0523. The number of carbonyl (C=O) groups excluding carboxylic acids is 3. The number of piperidine rings is 1. The van der Waals surface area contributed by atoms with Gasteiger partial charge in [-0.2, -0.15) is 0 Å². The summed E-state index contributed by atoms with van der Waals surface area (Å²) >= 11 is 0. The highest BCUT2D eigenvalue weighted by Crippen LogP contribution is 2.36. The van der Waals surface area contributed by atoms with Crippen molar-refractivity contribution in [3.8, 4) is 22.8 Å². The number of esters is 1. The van der Waals surface area contributed by atoms with Crippen LogP contribution in [0, 0.1) is 11.3 Å². The van der Waals surface area contributed by atoms with E-state index in [-0.39, 0.29) is 36.6 Å². The van der Waals surface area contributed by atoms with Crippen molar-refractivity contribution in [1.82, 2.24) is 14.8 Å². The van der Waals surface area contributed by atoms with Crippen LogP contribution in [-0.2, 0) is 19.1 Å². The van der Waals surface area contributed by atoms with Crippen molar-refractivity contribution in [3.05, 3.63) is 54.6 Å². The Hall–Kier alpha value is -4.14. The normalized spacial score (nSPS) is 19.3. The van der Waals surface area contributed by atoms with Crippen LogP contribution >= 0.6 is 0 Å². The summed E-state index contributed by atoms with van der Waals surface area (Å²) in [4.78, 5) is 49.0. The van der Waals surface area contributed by atoms with Crippen molar-refractivity contribution < 1.29 is 28.6 Å². The van der Waals surface area contributed by atoms with Crippen LogP contribution in [0.3, 0.4) is 0 Å². The molecule has 0 N–H and O–H groups in total. The number of nitrogens with zero attached hydrogens (tertiary/aromatic N) is 3. The van der Waals surface area contributed by atoms with Gasteiger partial charge in [-0.25, -0.2) is 9.78 Å². The van der Waals surface area contributed by atoms with E-state index in [1.165, 1.54) is 7.11 Å². The standard InChI is InChI=1S/C36H45N3O6/c1-36(2,3)22-25(18-33(40)38-16-10-7-11-17-38)34(41)39-23-27(20-31(39)35(42)44-5)45-32-21-29(24-12-8-6-9-13-24)37-30-19-26(43-4)14-15-28(30)32/h6,8-9,12-15,19,21,25,27,31H,7,10-11,16-18,20,22-23H2,1-5H3. The predicted octanol–water partition coefficient (Wildman–Crippen LogP) is 5.89. The molecule has 0 radical (unpaired) electrons. The van der Waals surface area contributed by atoms with Gasteiger partial charge in [0.15, 0.2) is 0 Å². The third-order valence-electron chi connectivity index (χ3n) is 8.70. The van der Waals surface area contributed by atoms with E-state index in [1.54, 1.807) is 12.0 Å². The third-order valence-corrected chi connectivity index (χ3v) is 8.70. The molecule has 2 saturated heterocycles. The summed E-state index contributed by atoms with van der Waals surface area (Å²) in [7, 11) is 2.95. The van der Waals surface area contributed by atoms with Crippen LogP contribution in [0.4, 0.5) is 0 Å². The molecule has 0 bridgehead atoms. The lowest BCUT2D eigenvalue weighted by Crippen LogP contribution is -2.46. The molecule has 45 heavy (non-hydrogen) atoms. The zero-order valence-corrected chi connectivity index (χ0v) is 27.1. The van der Waals surface area contributed by atoms with E-state index in [4.69, 9.17) is 19.2 Å². The second kappa shape index (κ2) is 13.9. The third kappa shape index (κ3) is 7.75. The molecule has 3 aromatic rings. The molecule has 2 fully saturated rings. The molecule has 2 aromatic carbocycles. The van der Waals surface area contributed by atoms with Crippen LogP contribution in [0.25, 0.3) is 22.2 Å². The molecule has 2 amide bonds. The molecule has 2 aliphatic heterocycles. The van der Waals surface area contributed by atoms with Gasteiger partial charge in [-0.05, 0) is 43.2 Å². The molecular weight excluding hydrogens is 570 g/mol. The quantitative estimate of drug-likeness (QED) is 0.277. The summed E-state index contributed by atoms with van der Waals surface area (Å²) in [5, 5.41) is 0.799. The fourth-order valence-corrected chi connectivity index (χ4v) is 6.53. The highest BCUT2D eigenvalue weighted by molar-refractivity contribution is 5.91. The number of methoxy groups -OCH3 is 2. The maximum atomic E-state index is 14.3. The number of pyridine rings is 1. The fraction of sp³-hybridized carbons (Fsp3) is 0.500. The molecule has 5 rings (SSSR count). The Morgan fingerprint density at radius 3 is 2.38 bits per heavy atom. The van der Waals surface area contributed by atoms with Gasteiger partial charge in [0, 0.05) is 54.9 Å². The van der Waals surface area contributed by atoms with Crippen LogP contribution in [0.15, 0.2) is 54.6 Å². The lowest BCUT2D eigenvalue weighted by Gasteiger charge is -2.33. The molecule has 9 nitrogen and oxygen atoms in total. The summed E-state index contributed by atoms with van der Waals surface area (Å²) in [5.41, 5.74) is 2.20. The van der Waals surface area contributed by atoms with Crippen molar-refractivity contribution in [2.75, 3.05) is 33.9 Å². The zero-order chi connectivity index (χ0) is 32.1. The summed E-state index contributed by atoms with van der Waals surface area (Å²) in [6.07, 6.45) is 3.56. The maximum Gasteiger partial charge on any atom is 0.328 e. The van der Waals surface area contributed by atoms with E-state index in [2.05, 4.69) is 20.8 Å². The smallest absolute Gasteiger partial charge is 0.328 e. The minimum atomic E-state index is -0.804. The van der Waals surface area contributed by atoms with Crippen molar-refractivity contribution in [1.29, 1.82) is 0 Å². The highest BCUT2D eigenvalue weighted by Gasteiger charge is 2.44. The highest BCUT2D eigenvalue weighted by atomic mass is 16.5. The number of rotatable bonds is 9. The molecular formula is C36H45N3O6. The van der Waals surface area contributed by atoms with Gasteiger partial charge >= 0.3 is 5.97 Å². The van der Waals surface area contributed by atoms with Gasteiger partial charge in [-0.15, -0.1) is 0 Å². The first-order valence-electron chi connectivity index (χ1n) is 15.9. The average molecular weight is 616 g/mol. The van der Waals surface area contributed by atoms with Gasteiger partial charge in [-0.1, -0.05) is 51.1 Å². The van der Waals surface area contributed by atoms with E-state index in [0.717, 1.165) is 49.0 Å². The van der Waals surface area contributed by atoms with E-state index in [1.807, 2.05) is 59.5 Å². The minimum absolute atomic E-state index is 0.00559. The van der Waals surface area contributed by atoms with Gasteiger partial charge in [0.05, 0.1) is 32.0 Å². The Morgan fingerprint density at radius 1 is 0.978 bits per heavy atom. The topological polar surface area (TPSA) is 98.3 Å². The molecule has 240 valence electrons. The Morgan fingerprint density at radius 2 is 1.71 bits per heavy atom.